The minimum absolute atomic E-state index is 0.191. The van der Waals surface area contributed by atoms with Crippen molar-refractivity contribution in [2.24, 2.45) is 17.8 Å². The number of rotatable bonds is 4. The lowest BCUT2D eigenvalue weighted by Gasteiger charge is -2.39. The summed E-state index contributed by atoms with van der Waals surface area (Å²) in [6.45, 7) is 9.18. The largest absolute Gasteiger partial charge is 0.307 e. The molecule has 1 aliphatic rings. The molecule has 1 aliphatic carbocycles. The van der Waals surface area contributed by atoms with Crippen molar-refractivity contribution in [3.8, 4) is 0 Å². The van der Waals surface area contributed by atoms with Crippen LogP contribution in [0.1, 0.15) is 58.6 Å². The highest BCUT2D eigenvalue weighted by molar-refractivity contribution is 9.10. The summed E-state index contributed by atoms with van der Waals surface area (Å²) in [4.78, 5) is 0. The molecule has 0 saturated heterocycles. The molecular formula is C18H27BrFN. The van der Waals surface area contributed by atoms with Crippen molar-refractivity contribution < 1.29 is 4.39 Å². The fourth-order valence-corrected chi connectivity index (χ4v) is 4.35. The van der Waals surface area contributed by atoms with Gasteiger partial charge in [0.2, 0.25) is 0 Å². The summed E-state index contributed by atoms with van der Waals surface area (Å²) in [5.74, 6) is 2.05. The van der Waals surface area contributed by atoms with Crippen LogP contribution >= 0.6 is 15.9 Å². The van der Waals surface area contributed by atoms with Crippen molar-refractivity contribution in [1.29, 1.82) is 0 Å². The van der Waals surface area contributed by atoms with Crippen molar-refractivity contribution in [2.45, 2.75) is 59.0 Å². The highest BCUT2D eigenvalue weighted by Gasteiger charge is 2.31. The number of nitrogens with one attached hydrogen (secondary N) is 1. The fourth-order valence-electron chi connectivity index (χ4n) is 3.66. The van der Waals surface area contributed by atoms with Gasteiger partial charge in [-0.2, -0.15) is 0 Å². The summed E-state index contributed by atoms with van der Waals surface area (Å²) in [7, 11) is 0. The maximum atomic E-state index is 13.2. The lowest BCUT2D eigenvalue weighted by molar-refractivity contribution is 0.161. The number of hydrogen-bond acceptors (Lipinski definition) is 1. The van der Waals surface area contributed by atoms with Gasteiger partial charge in [0.05, 0.1) is 0 Å². The summed E-state index contributed by atoms with van der Waals surface area (Å²) in [6.07, 6.45) is 3.90. The molecule has 1 aromatic carbocycles. The topological polar surface area (TPSA) is 12.0 Å². The van der Waals surface area contributed by atoms with E-state index in [2.05, 4.69) is 48.9 Å². The highest BCUT2D eigenvalue weighted by atomic mass is 79.9. The summed E-state index contributed by atoms with van der Waals surface area (Å²) in [5, 5.41) is 3.80. The Morgan fingerprint density at radius 3 is 2.57 bits per heavy atom. The van der Waals surface area contributed by atoms with Crippen LogP contribution in [0.5, 0.6) is 0 Å². The van der Waals surface area contributed by atoms with Crippen LogP contribution in [0.15, 0.2) is 22.7 Å². The van der Waals surface area contributed by atoms with E-state index in [1.165, 1.54) is 19.3 Å². The van der Waals surface area contributed by atoms with Gasteiger partial charge < -0.3 is 5.32 Å². The first kappa shape index (κ1) is 17.0. The molecule has 4 unspecified atom stereocenters. The summed E-state index contributed by atoms with van der Waals surface area (Å²) >= 11 is 3.49. The lowest BCUT2D eigenvalue weighted by Crippen LogP contribution is -2.43. The standard InChI is InChI=1S/C18H27BrFN/c1-11(2)15-7-5-12(3)9-18(15)21-13(4)16-8-6-14(20)10-17(16)19/h6,8,10-13,15,18,21H,5,7,9H2,1-4H3. The summed E-state index contributed by atoms with van der Waals surface area (Å²) in [6, 6.07) is 5.77. The van der Waals surface area contributed by atoms with E-state index in [0.717, 1.165) is 21.9 Å². The van der Waals surface area contributed by atoms with Crippen LogP contribution in [0.4, 0.5) is 4.39 Å². The van der Waals surface area contributed by atoms with Crippen LogP contribution in [0.25, 0.3) is 0 Å². The van der Waals surface area contributed by atoms with Crippen LogP contribution in [-0.4, -0.2) is 6.04 Å². The zero-order chi connectivity index (χ0) is 15.6. The van der Waals surface area contributed by atoms with Crippen molar-refractivity contribution in [2.75, 3.05) is 0 Å². The maximum Gasteiger partial charge on any atom is 0.124 e. The molecule has 1 N–H and O–H groups in total. The minimum Gasteiger partial charge on any atom is -0.307 e. The summed E-state index contributed by atoms with van der Waals surface area (Å²) in [5.41, 5.74) is 1.14. The van der Waals surface area contributed by atoms with E-state index in [1.54, 1.807) is 12.1 Å². The van der Waals surface area contributed by atoms with Crippen LogP contribution in [0.2, 0.25) is 0 Å². The molecule has 1 nitrogen and oxygen atoms in total. The van der Waals surface area contributed by atoms with E-state index < -0.39 is 0 Å². The van der Waals surface area contributed by atoms with Gasteiger partial charge in [0.25, 0.3) is 0 Å². The normalized spacial score (nSPS) is 27.9. The molecule has 0 spiro atoms. The third-order valence-electron chi connectivity index (χ3n) is 4.92. The molecule has 0 aromatic heterocycles. The first-order valence-corrected chi connectivity index (χ1v) is 8.88. The third-order valence-corrected chi connectivity index (χ3v) is 5.60. The van der Waals surface area contributed by atoms with Crippen LogP contribution in [0.3, 0.4) is 0 Å². The molecule has 1 aromatic rings. The maximum absolute atomic E-state index is 13.2. The molecule has 0 heterocycles. The van der Waals surface area contributed by atoms with Gasteiger partial charge in [0, 0.05) is 16.6 Å². The Balaban J connectivity index is 2.10. The van der Waals surface area contributed by atoms with Gasteiger partial charge in [-0.3, -0.25) is 0 Å². The van der Waals surface area contributed by atoms with E-state index in [-0.39, 0.29) is 11.9 Å². The second-order valence-corrected chi connectivity index (χ2v) is 7.84. The molecule has 1 saturated carbocycles. The van der Waals surface area contributed by atoms with E-state index >= 15 is 0 Å². The average Bonchev–Trinajstić information content (AvgIpc) is 2.37. The molecule has 2 rings (SSSR count). The minimum atomic E-state index is -0.191. The Morgan fingerprint density at radius 2 is 1.95 bits per heavy atom. The van der Waals surface area contributed by atoms with Gasteiger partial charge in [-0.25, -0.2) is 4.39 Å². The average molecular weight is 356 g/mol. The Kier molecular flexibility index (Phi) is 5.84. The van der Waals surface area contributed by atoms with Crippen LogP contribution < -0.4 is 5.32 Å². The van der Waals surface area contributed by atoms with E-state index in [4.69, 9.17) is 0 Å². The van der Waals surface area contributed by atoms with E-state index in [0.29, 0.717) is 12.0 Å². The molecule has 4 atom stereocenters. The fraction of sp³-hybridized carbons (Fsp3) is 0.667. The Hall–Kier alpha value is -0.410. The van der Waals surface area contributed by atoms with Crippen molar-refractivity contribution in [3.05, 3.63) is 34.1 Å². The Morgan fingerprint density at radius 1 is 1.24 bits per heavy atom. The molecule has 0 bridgehead atoms. The molecule has 21 heavy (non-hydrogen) atoms. The Bertz CT molecular complexity index is 474. The zero-order valence-electron chi connectivity index (χ0n) is 13.5. The zero-order valence-corrected chi connectivity index (χ0v) is 15.1. The van der Waals surface area contributed by atoms with E-state index in [9.17, 15) is 4.39 Å². The van der Waals surface area contributed by atoms with Gasteiger partial charge in [-0.05, 0) is 55.2 Å². The highest BCUT2D eigenvalue weighted by Crippen LogP contribution is 2.35. The molecule has 3 heteroatoms. The first-order chi connectivity index (χ1) is 9.88. The van der Waals surface area contributed by atoms with Gasteiger partial charge in [0.15, 0.2) is 0 Å². The van der Waals surface area contributed by atoms with E-state index in [1.807, 2.05) is 6.07 Å². The van der Waals surface area contributed by atoms with Crippen LogP contribution in [0, 0.1) is 23.6 Å². The van der Waals surface area contributed by atoms with Gasteiger partial charge in [-0.1, -0.05) is 49.2 Å². The predicted octanol–water partition coefficient (Wildman–Crippen LogP) is 5.70. The van der Waals surface area contributed by atoms with Gasteiger partial charge >= 0.3 is 0 Å². The Labute approximate surface area is 136 Å². The van der Waals surface area contributed by atoms with Gasteiger partial charge in [0.1, 0.15) is 5.82 Å². The second kappa shape index (κ2) is 7.23. The predicted molar refractivity (Wildman–Crippen MR) is 90.8 cm³/mol. The third kappa shape index (κ3) is 4.29. The molecule has 1 fully saturated rings. The molecular weight excluding hydrogens is 329 g/mol. The van der Waals surface area contributed by atoms with Crippen molar-refractivity contribution in [3.63, 3.8) is 0 Å². The number of hydrogen-bond donors (Lipinski definition) is 1. The van der Waals surface area contributed by atoms with Crippen molar-refractivity contribution in [1.82, 2.24) is 5.32 Å². The SMILES string of the molecule is CC1CCC(C(C)C)C(NC(C)c2ccc(F)cc2Br)C1. The lowest BCUT2D eigenvalue weighted by atomic mass is 9.73. The molecule has 0 amide bonds. The molecule has 118 valence electrons. The quantitative estimate of drug-likeness (QED) is 0.730. The molecule has 0 radical (unpaired) electrons. The monoisotopic (exact) mass is 355 g/mol. The van der Waals surface area contributed by atoms with Crippen LogP contribution in [-0.2, 0) is 0 Å². The van der Waals surface area contributed by atoms with Gasteiger partial charge in [-0.15, -0.1) is 0 Å². The smallest absolute Gasteiger partial charge is 0.124 e. The second-order valence-electron chi connectivity index (χ2n) is 6.99. The summed E-state index contributed by atoms with van der Waals surface area (Å²) < 4.78 is 14.1. The molecule has 0 aliphatic heterocycles. The van der Waals surface area contributed by atoms with Crippen molar-refractivity contribution >= 4 is 15.9 Å². The number of halogens is 2. The number of benzene rings is 1. The first-order valence-electron chi connectivity index (χ1n) is 8.09.